The molecule has 0 N–H and O–H groups in total. The van der Waals surface area contributed by atoms with Crippen molar-refractivity contribution in [1.82, 2.24) is 9.97 Å². The molecule has 0 aliphatic carbocycles. The van der Waals surface area contributed by atoms with E-state index >= 15 is 0 Å². The lowest BCUT2D eigenvalue weighted by Gasteiger charge is -2.47. The van der Waals surface area contributed by atoms with Crippen molar-refractivity contribution in [2.24, 2.45) is 0 Å². The molecule has 1 aromatic heterocycles. The predicted molar refractivity (Wildman–Crippen MR) is 85.7 cm³/mol. The van der Waals surface area contributed by atoms with Crippen LogP contribution in [0.5, 0.6) is 0 Å². The second-order valence-electron chi connectivity index (χ2n) is 7.10. The monoisotopic (exact) mass is 285 g/mol. The van der Waals surface area contributed by atoms with Gasteiger partial charge in [-0.05, 0) is 46.8 Å². The Morgan fingerprint density at radius 3 is 2.05 bits per heavy atom. The Morgan fingerprint density at radius 2 is 1.48 bits per heavy atom. The zero-order chi connectivity index (χ0) is 15.3. The maximum atomic E-state index is 6.15. The number of anilines is 1. The maximum Gasteiger partial charge on any atom is 0.151 e. The van der Waals surface area contributed by atoms with Crippen molar-refractivity contribution >= 4 is 16.9 Å². The van der Waals surface area contributed by atoms with Gasteiger partial charge in [-0.2, -0.15) is 0 Å². The number of aryl methyl sites for hydroxylation is 1. The predicted octanol–water partition coefficient (Wildman–Crippen LogP) is 3.33. The molecule has 0 spiro atoms. The van der Waals surface area contributed by atoms with E-state index in [9.17, 15) is 0 Å². The first-order valence-electron chi connectivity index (χ1n) is 7.44. The summed E-state index contributed by atoms with van der Waals surface area (Å²) in [7, 11) is 0. The summed E-state index contributed by atoms with van der Waals surface area (Å²) in [6, 6.07) is 8.02. The van der Waals surface area contributed by atoms with Gasteiger partial charge >= 0.3 is 0 Å². The molecule has 0 atom stereocenters. The average molecular weight is 285 g/mol. The van der Waals surface area contributed by atoms with E-state index in [-0.39, 0.29) is 11.2 Å². The Morgan fingerprint density at radius 1 is 0.952 bits per heavy atom. The van der Waals surface area contributed by atoms with Gasteiger partial charge in [-0.1, -0.05) is 12.1 Å². The summed E-state index contributed by atoms with van der Waals surface area (Å²) in [6.07, 6.45) is 0. The molecule has 0 amide bonds. The first-order chi connectivity index (χ1) is 9.76. The normalized spacial score (nSPS) is 20.7. The lowest BCUT2D eigenvalue weighted by atomic mass is 9.99. The van der Waals surface area contributed by atoms with Gasteiger partial charge in [-0.3, -0.25) is 0 Å². The summed E-state index contributed by atoms with van der Waals surface area (Å²) < 4.78 is 6.15. The molecule has 1 aliphatic heterocycles. The molecule has 21 heavy (non-hydrogen) atoms. The average Bonchev–Trinajstić information content (AvgIpc) is 2.34. The molecular weight excluding hydrogens is 262 g/mol. The molecule has 1 saturated heterocycles. The largest absolute Gasteiger partial charge is 0.366 e. The molecule has 0 bridgehead atoms. The molecule has 2 heterocycles. The topological polar surface area (TPSA) is 38.2 Å². The van der Waals surface area contributed by atoms with Crippen LogP contribution in [-0.2, 0) is 4.74 Å². The minimum absolute atomic E-state index is 0.193. The Kier molecular flexibility index (Phi) is 3.17. The van der Waals surface area contributed by atoms with Crippen molar-refractivity contribution in [3.8, 4) is 0 Å². The van der Waals surface area contributed by atoms with Gasteiger partial charge in [0.25, 0.3) is 0 Å². The smallest absolute Gasteiger partial charge is 0.151 e. The molecule has 4 heteroatoms. The van der Waals surface area contributed by atoms with E-state index in [4.69, 9.17) is 14.7 Å². The van der Waals surface area contributed by atoms with Gasteiger partial charge < -0.3 is 9.64 Å². The van der Waals surface area contributed by atoms with E-state index in [1.54, 1.807) is 0 Å². The molecule has 0 saturated carbocycles. The third-order valence-corrected chi connectivity index (χ3v) is 3.72. The fourth-order valence-electron chi connectivity index (χ4n) is 3.32. The number of aromatic nitrogens is 2. The van der Waals surface area contributed by atoms with E-state index in [1.807, 2.05) is 31.2 Å². The van der Waals surface area contributed by atoms with E-state index in [2.05, 4.69) is 32.6 Å². The summed E-state index contributed by atoms with van der Waals surface area (Å²) in [5.74, 6) is 0.971. The van der Waals surface area contributed by atoms with E-state index in [0.29, 0.717) is 0 Å². The van der Waals surface area contributed by atoms with Gasteiger partial charge in [0, 0.05) is 13.1 Å². The van der Waals surface area contributed by atoms with Crippen LogP contribution < -0.4 is 4.90 Å². The molecular formula is C17H23N3O. The molecule has 1 aromatic carbocycles. The van der Waals surface area contributed by atoms with Crippen LogP contribution in [0, 0.1) is 6.92 Å². The van der Waals surface area contributed by atoms with Crippen LogP contribution in [0.15, 0.2) is 24.3 Å². The number of nitrogens with zero attached hydrogens (tertiary/aromatic N) is 3. The van der Waals surface area contributed by atoms with Crippen LogP contribution in [0.3, 0.4) is 0 Å². The second-order valence-corrected chi connectivity index (χ2v) is 7.10. The van der Waals surface area contributed by atoms with Gasteiger partial charge in [-0.25, -0.2) is 9.97 Å². The number of fused-ring (bicyclic) bond motifs is 1. The summed E-state index contributed by atoms with van der Waals surface area (Å²) in [5.41, 5.74) is 2.48. The van der Waals surface area contributed by atoms with Crippen molar-refractivity contribution in [2.45, 2.75) is 45.8 Å². The van der Waals surface area contributed by atoms with Gasteiger partial charge in [0.15, 0.2) is 5.82 Å². The lowest BCUT2D eigenvalue weighted by Crippen LogP contribution is -2.57. The Hall–Kier alpha value is -1.68. The van der Waals surface area contributed by atoms with Crippen molar-refractivity contribution < 1.29 is 4.74 Å². The number of hydrogen-bond acceptors (Lipinski definition) is 4. The summed E-state index contributed by atoms with van der Waals surface area (Å²) in [5, 5.41) is 0. The minimum Gasteiger partial charge on any atom is -0.366 e. The van der Waals surface area contributed by atoms with Crippen LogP contribution >= 0.6 is 0 Å². The number of para-hydroxylation sites is 2. The van der Waals surface area contributed by atoms with Crippen LogP contribution in [0.1, 0.15) is 33.4 Å². The number of benzene rings is 1. The standard InChI is InChI=1S/C17H23N3O/c1-12-15(19-14-9-7-6-8-13(14)18-12)20-10-16(2,3)21-17(4,5)11-20/h6-9H,10-11H2,1-5H3. The zero-order valence-electron chi connectivity index (χ0n) is 13.5. The van der Waals surface area contributed by atoms with Crippen molar-refractivity contribution in [1.29, 1.82) is 0 Å². The highest BCUT2D eigenvalue weighted by Gasteiger charge is 2.39. The first-order valence-corrected chi connectivity index (χ1v) is 7.44. The van der Waals surface area contributed by atoms with Gasteiger partial charge in [0.2, 0.25) is 0 Å². The van der Waals surface area contributed by atoms with Crippen molar-refractivity contribution in [2.75, 3.05) is 18.0 Å². The molecule has 4 nitrogen and oxygen atoms in total. The SMILES string of the molecule is Cc1nc2ccccc2nc1N1CC(C)(C)OC(C)(C)C1. The first kappa shape index (κ1) is 14.3. The Labute approximate surface area is 126 Å². The number of rotatable bonds is 1. The minimum atomic E-state index is -0.193. The van der Waals surface area contributed by atoms with Crippen molar-refractivity contribution in [3.05, 3.63) is 30.0 Å². The second kappa shape index (κ2) is 4.67. The molecule has 1 fully saturated rings. The number of morpholine rings is 1. The van der Waals surface area contributed by atoms with Crippen LogP contribution in [0.4, 0.5) is 5.82 Å². The highest BCUT2D eigenvalue weighted by molar-refractivity contribution is 5.76. The summed E-state index contributed by atoms with van der Waals surface area (Å²) in [4.78, 5) is 11.8. The third kappa shape index (κ3) is 2.86. The Bertz CT molecular complexity index is 663. The van der Waals surface area contributed by atoms with Crippen LogP contribution in [0.2, 0.25) is 0 Å². The summed E-state index contributed by atoms with van der Waals surface area (Å²) >= 11 is 0. The Balaban J connectivity index is 2.05. The quantitative estimate of drug-likeness (QED) is 0.805. The third-order valence-electron chi connectivity index (χ3n) is 3.72. The van der Waals surface area contributed by atoms with E-state index < -0.39 is 0 Å². The van der Waals surface area contributed by atoms with Gasteiger partial charge in [-0.15, -0.1) is 0 Å². The fraction of sp³-hybridized carbons (Fsp3) is 0.529. The lowest BCUT2D eigenvalue weighted by molar-refractivity contribution is -0.133. The van der Waals surface area contributed by atoms with E-state index in [0.717, 1.165) is 35.6 Å². The highest BCUT2D eigenvalue weighted by Crippen LogP contribution is 2.32. The molecule has 1 aliphatic rings. The molecule has 2 aromatic rings. The van der Waals surface area contributed by atoms with Crippen molar-refractivity contribution in [3.63, 3.8) is 0 Å². The van der Waals surface area contributed by atoms with Gasteiger partial charge in [0.05, 0.1) is 27.9 Å². The summed E-state index contributed by atoms with van der Waals surface area (Å²) in [6.45, 7) is 12.2. The fourth-order valence-corrected chi connectivity index (χ4v) is 3.32. The molecule has 3 rings (SSSR count). The number of ether oxygens (including phenoxy) is 1. The molecule has 0 radical (unpaired) electrons. The molecule has 112 valence electrons. The van der Waals surface area contributed by atoms with E-state index in [1.165, 1.54) is 0 Å². The van der Waals surface area contributed by atoms with Gasteiger partial charge in [0.1, 0.15) is 0 Å². The van der Waals surface area contributed by atoms with Crippen LogP contribution in [0.25, 0.3) is 11.0 Å². The zero-order valence-corrected chi connectivity index (χ0v) is 13.5. The highest BCUT2D eigenvalue weighted by atomic mass is 16.5. The number of hydrogen-bond donors (Lipinski definition) is 0. The molecule has 0 unspecified atom stereocenters. The van der Waals surface area contributed by atoms with Crippen LogP contribution in [-0.4, -0.2) is 34.3 Å². The maximum absolute atomic E-state index is 6.15.